The van der Waals surface area contributed by atoms with E-state index < -0.39 is 0 Å². The van der Waals surface area contributed by atoms with E-state index in [9.17, 15) is 10.0 Å². The van der Waals surface area contributed by atoms with E-state index in [1.165, 1.54) is 18.0 Å². The number of methoxy groups -OCH3 is 1. The molecule has 2 rings (SSSR count). The molecule has 0 spiro atoms. The molecule has 0 fully saturated rings. The van der Waals surface area contributed by atoms with Gasteiger partial charge in [-0.1, -0.05) is 0 Å². The van der Waals surface area contributed by atoms with E-state index in [2.05, 4.69) is 15.9 Å². The second-order valence-electron chi connectivity index (χ2n) is 3.93. The third-order valence-corrected chi connectivity index (χ3v) is 4.25. The number of rotatable bonds is 5. The first-order valence-corrected chi connectivity index (χ1v) is 7.57. The average Bonchev–Trinajstić information content (AvgIpc) is 2.46. The fraction of sp³-hybridized carbons (Fsp3) is 0.143. The van der Waals surface area contributed by atoms with Crippen LogP contribution in [0.3, 0.4) is 0 Å². The lowest BCUT2D eigenvalue weighted by Gasteiger charge is -2.06. The zero-order chi connectivity index (χ0) is 14.5. The summed E-state index contributed by atoms with van der Waals surface area (Å²) in [6, 6.07) is 10.3. The molecule has 2 aromatic rings. The summed E-state index contributed by atoms with van der Waals surface area (Å²) in [7, 11) is 1.57. The van der Waals surface area contributed by atoms with Crippen LogP contribution in [0, 0.1) is 5.21 Å². The lowest BCUT2D eigenvalue weighted by atomic mass is 10.1. The van der Waals surface area contributed by atoms with Crippen molar-refractivity contribution >= 4 is 33.5 Å². The van der Waals surface area contributed by atoms with E-state index in [1.54, 1.807) is 43.5 Å². The minimum absolute atomic E-state index is 0.0396. The van der Waals surface area contributed by atoms with Crippen molar-refractivity contribution in [2.45, 2.75) is 5.03 Å². The molecule has 0 aliphatic heterocycles. The molecule has 1 aromatic heterocycles. The van der Waals surface area contributed by atoms with Crippen LogP contribution in [0.2, 0.25) is 0 Å². The Morgan fingerprint density at radius 3 is 2.85 bits per heavy atom. The average molecular weight is 354 g/mol. The Morgan fingerprint density at radius 2 is 2.20 bits per heavy atom. The Morgan fingerprint density at radius 1 is 1.40 bits per heavy atom. The number of thioether (sulfide) groups is 1. The highest BCUT2D eigenvalue weighted by molar-refractivity contribution is 9.10. The van der Waals surface area contributed by atoms with Crippen molar-refractivity contribution in [1.82, 2.24) is 0 Å². The Balaban J connectivity index is 2.05. The molecule has 0 unspecified atom stereocenters. The predicted molar refractivity (Wildman–Crippen MR) is 81.2 cm³/mol. The van der Waals surface area contributed by atoms with Gasteiger partial charge in [0.25, 0.3) is 5.03 Å². The number of pyridine rings is 1. The van der Waals surface area contributed by atoms with Gasteiger partial charge in [-0.3, -0.25) is 4.79 Å². The van der Waals surface area contributed by atoms with E-state index in [4.69, 9.17) is 4.74 Å². The third kappa shape index (κ3) is 3.52. The maximum Gasteiger partial charge on any atom is 0.251 e. The smallest absolute Gasteiger partial charge is 0.251 e. The molecule has 0 amide bonds. The quantitative estimate of drug-likeness (QED) is 0.358. The van der Waals surface area contributed by atoms with Crippen LogP contribution in [0.4, 0.5) is 0 Å². The van der Waals surface area contributed by atoms with Crippen LogP contribution in [-0.4, -0.2) is 18.6 Å². The number of Topliss-reactive ketones (excluding diaryl/α,β-unsaturated/α-hetero) is 1. The first-order chi connectivity index (χ1) is 9.61. The molecule has 4 nitrogen and oxygen atoms in total. The monoisotopic (exact) mass is 353 g/mol. The topological polar surface area (TPSA) is 53.2 Å². The van der Waals surface area contributed by atoms with Crippen LogP contribution in [0.1, 0.15) is 10.4 Å². The zero-order valence-electron chi connectivity index (χ0n) is 10.7. The summed E-state index contributed by atoms with van der Waals surface area (Å²) in [5, 5.41) is 12.0. The van der Waals surface area contributed by atoms with Crippen LogP contribution >= 0.6 is 27.7 Å². The highest BCUT2D eigenvalue weighted by Gasteiger charge is 2.12. The second-order valence-corrected chi connectivity index (χ2v) is 5.78. The summed E-state index contributed by atoms with van der Waals surface area (Å²) in [6.45, 7) is 0. The summed E-state index contributed by atoms with van der Waals surface area (Å²) in [4.78, 5) is 12.1. The van der Waals surface area contributed by atoms with Crippen LogP contribution in [-0.2, 0) is 0 Å². The SMILES string of the molecule is COc1ccc(C(=O)CSc2cccc[n+]2[O-])cc1Br. The molecule has 0 atom stereocenters. The van der Waals surface area contributed by atoms with Gasteiger partial charge in [0.05, 0.1) is 17.3 Å². The predicted octanol–water partition coefficient (Wildman–Crippen LogP) is 3.07. The number of hydrogen-bond acceptors (Lipinski definition) is 4. The largest absolute Gasteiger partial charge is 0.618 e. The van der Waals surface area contributed by atoms with Gasteiger partial charge in [0, 0.05) is 17.7 Å². The number of ether oxygens (including phenoxy) is 1. The summed E-state index contributed by atoms with van der Waals surface area (Å²) < 4.78 is 6.60. The number of halogens is 1. The lowest BCUT2D eigenvalue weighted by Crippen LogP contribution is -2.28. The van der Waals surface area contributed by atoms with Gasteiger partial charge in [0.15, 0.2) is 12.0 Å². The van der Waals surface area contributed by atoms with Gasteiger partial charge >= 0.3 is 0 Å². The van der Waals surface area contributed by atoms with Crippen molar-refractivity contribution in [3.63, 3.8) is 0 Å². The number of nitrogens with zero attached hydrogens (tertiary/aromatic N) is 1. The summed E-state index contributed by atoms with van der Waals surface area (Å²) >= 11 is 4.57. The Labute approximate surface area is 129 Å². The summed E-state index contributed by atoms with van der Waals surface area (Å²) in [5.41, 5.74) is 0.582. The van der Waals surface area contributed by atoms with Gasteiger partial charge in [0.2, 0.25) is 0 Å². The maximum atomic E-state index is 12.1. The minimum atomic E-state index is -0.0396. The van der Waals surface area contributed by atoms with Crippen LogP contribution < -0.4 is 9.47 Å². The normalized spacial score (nSPS) is 10.3. The molecule has 0 bridgehead atoms. The molecule has 20 heavy (non-hydrogen) atoms. The van der Waals surface area contributed by atoms with E-state index in [0.29, 0.717) is 16.3 Å². The van der Waals surface area contributed by atoms with Crippen molar-refractivity contribution in [3.8, 4) is 5.75 Å². The molecule has 0 saturated carbocycles. The molecule has 0 aliphatic rings. The van der Waals surface area contributed by atoms with Crippen molar-refractivity contribution in [1.29, 1.82) is 0 Å². The molecule has 0 N–H and O–H groups in total. The summed E-state index contributed by atoms with van der Waals surface area (Å²) in [6.07, 6.45) is 1.41. The van der Waals surface area contributed by atoms with Gasteiger partial charge in [-0.05, 0) is 52.0 Å². The van der Waals surface area contributed by atoms with Crippen molar-refractivity contribution in [3.05, 3.63) is 57.8 Å². The van der Waals surface area contributed by atoms with E-state index in [1.807, 2.05) is 0 Å². The Hall–Kier alpha value is -1.53. The number of benzene rings is 1. The first kappa shape index (κ1) is 14.9. The molecule has 104 valence electrons. The van der Waals surface area contributed by atoms with E-state index in [0.717, 1.165) is 9.20 Å². The summed E-state index contributed by atoms with van der Waals surface area (Å²) in [5.74, 6) is 0.849. The number of carbonyl (C=O) groups is 1. The maximum absolute atomic E-state index is 12.1. The highest BCUT2D eigenvalue weighted by atomic mass is 79.9. The third-order valence-electron chi connectivity index (χ3n) is 2.61. The first-order valence-electron chi connectivity index (χ1n) is 5.79. The molecule has 0 radical (unpaired) electrons. The van der Waals surface area contributed by atoms with Crippen molar-refractivity contribution < 1.29 is 14.3 Å². The number of ketones is 1. The van der Waals surface area contributed by atoms with E-state index in [-0.39, 0.29) is 11.5 Å². The number of carbonyl (C=O) groups excluding carboxylic acids is 1. The lowest BCUT2D eigenvalue weighted by molar-refractivity contribution is -0.645. The van der Waals surface area contributed by atoms with Crippen LogP contribution in [0.25, 0.3) is 0 Å². The van der Waals surface area contributed by atoms with Gasteiger partial charge in [-0.2, -0.15) is 4.73 Å². The fourth-order valence-corrected chi connectivity index (χ4v) is 2.94. The van der Waals surface area contributed by atoms with Crippen LogP contribution in [0.5, 0.6) is 5.75 Å². The van der Waals surface area contributed by atoms with Gasteiger partial charge in [0.1, 0.15) is 5.75 Å². The second kappa shape index (κ2) is 6.76. The fourth-order valence-electron chi connectivity index (χ4n) is 1.59. The molecule has 0 saturated heterocycles. The Kier molecular flexibility index (Phi) is 5.03. The van der Waals surface area contributed by atoms with Crippen molar-refractivity contribution in [2.24, 2.45) is 0 Å². The van der Waals surface area contributed by atoms with E-state index >= 15 is 0 Å². The van der Waals surface area contributed by atoms with Gasteiger partial charge < -0.3 is 9.94 Å². The molecular weight excluding hydrogens is 342 g/mol. The molecule has 0 aliphatic carbocycles. The number of hydrogen-bond donors (Lipinski definition) is 0. The highest BCUT2D eigenvalue weighted by Crippen LogP contribution is 2.26. The molecule has 6 heteroatoms. The standard InChI is InChI=1S/C14H12BrNO3S/c1-19-13-6-5-10(8-11(13)15)12(17)9-20-14-4-2-3-7-16(14)18/h2-8H,9H2,1H3. The molecular formula is C14H12BrNO3S. The number of aromatic nitrogens is 1. The minimum Gasteiger partial charge on any atom is -0.618 e. The Bertz CT molecular complexity index is 634. The van der Waals surface area contributed by atoms with Crippen LogP contribution in [0.15, 0.2) is 52.1 Å². The molecule has 1 aromatic carbocycles. The van der Waals surface area contributed by atoms with Gasteiger partial charge in [-0.15, -0.1) is 0 Å². The van der Waals surface area contributed by atoms with Crippen molar-refractivity contribution in [2.75, 3.05) is 12.9 Å². The zero-order valence-corrected chi connectivity index (χ0v) is 13.1. The molecule has 1 heterocycles. The van der Waals surface area contributed by atoms with Gasteiger partial charge in [-0.25, -0.2) is 0 Å².